The highest BCUT2D eigenvalue weighted by molar-refractivity contribution is 5.75. The van der Waals surface area contributed by atoms with Crippen LogP contribution < -0.4 is 5.32 Å². The van der Waals surface area contributed by atoms with Crippen molar-refractivity contribution in [3.05, 3.63) is 114 Å². The molecule has 0 radical (unpaired) electrons. The highest BCUT2D eigenvalue weighted by atomic mass is 14.9. The minimum atomic E-state index is 0.372. The Morgan fingerprint density at radius 1 is 0.720 bits per heavy atom. The lowest BCUT2D eigenvalue weighted by atomic mass is 9.91. The van der Waals surface area contributed by atoms with Crippen molar-refractivity contribution in [3.8, 4) is 0 Å². The van der Waals surface area contributed by atoms with Gasteiger partial charge in [0, 0.05) is 17.7 Å². The summed E-state index contributed by atoms with van der Waals surface area (Å²) < 4.78 is 0. The summed E-state index contributed by atoms with van der Waals surface area (Å²) in [6.45, 7) is 0. The van der Waals surface area contributed by atoms with Crippen LogP contribution in [0.5, 0.6) is 0 Å². The molecule has 4 rings (SSSR count). The highest BCUT2D eigenvalue weighted by Gasteiger charge is 2.14. The molecular formula is C24H23N. The Morgan fingerprint density at radius 2 is 1.48 bits per heavy atom. The van der Waals surface area contributed by atoms with Gasteiger partial charge in [0.1, 0.15) is 0 Å². The Kier molecular flexibility index (Phi) is 4.65. The maximum Gasteiger partial charge on any atom is 0.0482 e. The van der Waals surface area contributed by atoms with Crippen molar-refractivity contribution in [1.29, 1.82) is 0 Å². The third-order valence-corrected chi connectivity index (χ3v) is 4.89. The zero-order chi connectivity index (χ0) is 16.9. The van der Waals surface area contributed by atoms with Crippen LogP contribution in [0, 0.1) is 0 Å². The molecule has 0 bridgehead atoms. The third kappa shape index (κ3) is 3.83. The molecule has 1 nitrogen and oxygen atoms in total. The van der Waals surface area contributed by atoms with E-state index < -0.39 is 0 Å². The molecule has 1 heteroatoms. The smallest absolute Gasteiger partial charge is 0.0482 e. The third-order valence-electron chi connectivity index (χ3n) is 4.89. The van der Waals surface area contributed by atoms with Gasteiger partial charge >= 0.3 is 0 Å². The molecule has 0 saturated carbocycles. The molecule has 0 aromatic heterocycles. The van der Waals surface area contributed by atoms with E-state index in [1.807, 2.05) is 0 Å². The molecule has 2 aromatic carbocycles. The van der Waals surface area contributed by atoms with E-state index in [9.17, 15) is 0 Å². The van der Waals surface area contributed by atoms with E-state index in [-0.39, 0.29) is 0 Å². The largest absolute Gasteiger partial charge is 0.379 e. The Hall–Kier alpha value is -2.80. The Morgan fingerprint density at radius 3 is 2.12 bits per heavy atom. The SMILES string of the molecule is C1=CC(c2ccccc2)CC=C1NC1C=CC(c2ccccc2)=CC1. The van der Waals surface area contributed by atoms with Gasteiger partial charge in [-0.25, -0.2) is 0 Å². The quantitative estimate of drug-likeness (QED) is 0.770. The highest BCUT2D eigenvalue weighted by Crippen LogP contribution is 2.27. The van der Waals surface area contributed by atoms with E-state index >= 15 is 0 Å². The average molecular weight is 325 g/mol. The molecule has 2 aliphatic rings. The van der Waals surface area contributed by atoms with Gasteiger partial charge in [-0.2, -0.15) is 0 Å². The van der Waals surface area contributed by atoms with Crippen LogP contribution in [0.4, 0.5) is 0 Å². The number of rotatable bonds is 4. The van der Waals surface area contributed by atoms with E-state index in [0.717, 1.165) is 12.8 Å². The molecule has 0 heterocycles. The van der Waals surface area contributed by atoms with Crippen molar-refractivity contribution in [2.24, 2.45) is 0 Å². The molecule has 0 saturated heterocycles. The number of hydrogen-bond acceptors (Lipinski definition) is 1. The zero-order valence-corrected chi connectivity index (χ0v) is 14.3. The maximum absolute atomic E-state index is 3.64. The van der Waals surface area contributed by atoms with Crippen LogP contribution in [0.25, 0.3) is 5.57 Å². The molecule has 0 aliphatic heterocycles. The second kappa shape index (κ2) is 7.40. The second-order valence-corrected chi connectivity index (χ2v) is 6.64. The molecule has 0 amide bonds. The summed E-state index contributed by atoms with van der Waals surface area (Å²) in [6, 6.07) is 21.7. The molecule has 0 spiro atoms. The summed E-state index contributed by atoms with van der Waals surface area (Å²) in [4.78, 5) is 0. The van der Waals surface area contributed by atoms with Crippen molar-refractivity contribution in [3.63, 3.8) is 0 Å². The van der Waals surface area contributed by atoms with Gasteiger partial charge < -0.3 is 5.32 Å². The van der Waals surface area contributed by atoms with E-state index in [2.05, 4.69) is 102 Å². The van der Waals surface area contributed by atoms with Crippen LogP contribution in [0.15, 0.2) is 103 Å². The van der Waals surface area contributed by atoms with Gasteiger partial charge in [-0.15, -0.1) is 0 Å². The minimum Gasteiger partial charge on any atom is -0.379 e. The summed E-state index contributed by atoms with van der Waals surface area (Å²) in [7, 11) is 0. The van der Waals surface area contributed by atoms with Gasteiger partial charge in [-0.1, -0.05) is 91.0 Å². The first-order valence-corrected chi connectivity index (χ1v) is 9.02. The fourth-order valence-electron chi connectivity index (χ4n) is 3.46. The molecule has 0 fully saturated rings. The summed E-state index contributed by atoms with van der Waals surface area (Å²) in [5, 5.41) is 3.64. The number of hydrogen-bond donors (Lipinski definition) is 1. The van der Waals surface area contributed by atoms with Crippen LogP contribution in [-0.2, 0) is 0 Å². The predicted molar refractivity (Wildman–Crippen MR) is 106 cm³/mol. The van der Waals surface area contributed by atoms with Gasteiger partial charge in [-0.3, -0.25) is 0 Å². The zero-order valence-electron chi connectivity index (χ0n) is 14.3. The van der Waals surface area contributed by atoms with Crippen LogP contribution in [0.2, 0.25) is 0 Å². The lowest BCUT2D eigenvalue weighted by Gasteiger charge is -2.23. The fourth-order valence-corrected chi connectivity index (χ4v) is 3.46. The molecule has 2 unspecified atom stereocenters. The van der Waals surface area contributed by atoms with Gasteiger partial charge in [0.2, 0.25) is 0 Å². The van der Waals surface area contributed by atoms with E-state index in [4.69, 9.17) is 0 Å². The number of benzene rings is 2. The topological polar surface area (TPSA) is 12.0 Å². The number of nitrogens with one attached hydrogen (secondary N) is 1. The van der Waals surface area contributed by atoms with Gasteiger partial charge in [0.25, 0.3) is 0 Å². The Balaban J connectivity index is 1.34. The van der Waals surface area contributed by atoms with Crippen LogP contribution in [0.1, 0.15) is 29.9 Å². The van der Waals surface area contributed by atoms with Gasteiger partial charge in [-0.05, 0) is 35.6 Å². The van der Waals surface area contributed by atoms with Crippen LogP contribution in [-0.4, -0.2) is 6.04 Å². The monoisotopic (exact) mass is 325 g/mol. The molecule has 124 valence electrons. The van der Waals surface area contributed by atoms with Crippen molar-refractivity contribution in [1.82, 2.24) is 5.32 Å². The van der Waals surface area contributed by atoms with Crippen LogP contribution >= 0.6 is 0 Å². The van der Waals surface area contributed by atoms with Gasteiger partial charge in [0.15, 0.2) is 0 Å². The molecule has 2 aliphatic carbocycles. The van der Waals surface area contributed by atoms with Crippen molar-refractivity contribution < 1.29 is 0 Å². The summed E-state index contributed by atoms with van der Waals surface area (Å²) in [6.07, 6.45) is 15.8. The van der Waals surface area contributed by atoms with E-state index in [1.165, 1.54) is 22.4 Å². The van der Waals surface area contributed by atoms with E-state index in [0.29, 0.717) is 12.0 Å². The molecular weight excluding hydrogens is 302 g/mol. The minimum absolute atomic E-state index is 0.372. The van der Waals surface area contributed by atoms with Gasteiger partial charge in [0.05, 0.1) is 0 Å². The standard InChI is InChI=1S/C24H23N/c1-3-7-19(8-4-1)21-11-15-23(16-12-21)25-24-17-13-22(14-18-24)20-9-5-2-6-10-20/h1-13,15,17-18,22-23,25H,14,16H2. The Bertz CT molecular complexity index is 825. The van der Waals surface area contributed by atoms with E-state index in [1.54, 1.807) is 0 Å². The average Bonchev–Trinajstić information content (AvgIpc) is 2.71. The number of allylic oxidation sites excluding steroid dienone is 5. The summed E-state index contributed by atoms with van der Waals surface area (Å²) >= 11 is 0. The first-order chi connectivity index (χ1) is 12.4. The maximum atomic E-state index is 3.64. The van der Waals surface area contributed by atoms with Crippen molar-refractivity contribution >= 4 is 5.57 Å². The predicted octanol–water partition coefficient (Wildman–Crippen LogP) is 5.62. The molecule has 2 atom stereocenters. The first kappa shape index (κ1) is 15.7. The molecule has 2 aromatic rings. The normalized spacial score (nSPS) is 22.2. The van der Waals surface area contributed by atoms with Crippen molar-refractivity contribution in [2.75, 3.05) is 0 Å². The molecule has 25 heavy (non-hydrogen) atoms. The summed E-state index contributed by atoms with van der Waals surface area (Å²) in [5.74, 6) is 0.498. The van der Waals surface area contributed by atoms with Crippen LogP contribution in [0.3, 0.4) is 0 Å². The lowest BCUT2D eigenvalue weighted by molar-refractivity contribution is 0.674. The lowest BCUT2D eigenvalue weighted by Crippen LogP contribution is -2.27. The molecule has 1 N–H and O–H groups in total. The Labute approximate surface area is 150 Å². The first-order valence-electron chi connectivity index (χ1n) is 9.02. The summed E-state index contributed by atoms with van der Waals surface area (Å²) in [5.41, 5.74) is 5.23. The fraction of sp³-hybridized carbons (Fsp3) is 0.167. The van der Waals surface area contributed by atoms with Crippen molar-refractivity contribution in [2.45, 2.75) is 24.8 Å². The second-order valence-electron chi connectivity index (χ2n) is 6.64.